The van der Waals surface area contributed by atoms with E-state index in [-0.39, 0.29) is 18.1 Å². The Morgan fingerprint density at radius 3 is 2.84 bits per heavy atom. The van der Waals surface area contributed by atoms with E-state index in [0.717, 1.165) is 29.4 Å². The van der Waals surface area contributed by atoms with Gasteiger partial charge in [-0.15, -0.1) is 0 Å². The van der Waals surface area contributed by atoms with E-state index in [1.165, 1.54) is 0 Å². The highest BCUT2D eigenvalue weighted by molar-refractivity contribution is 5.88. The third kappa shape index (κ3) is 2.89. The number of phenols is 1. The van der Waals surface area contributed by atoms with Crippen LogP contribution in [0.5, 0.6) is 5.75 Å². The molecule has 0 saturated heterocycles. The molecule has 102 valence electrons. The van der Waals surface area contributed by atoms with Gasteiger partial charge in [-0.25, -0.2) is 0 Å². The average molecular weight is 261 g/mol. The molecule has 0 aliphatic carbocycles. The van der Waals surface area contributed by atoms with Gasteiger partial charge in [-0.1, -0.05) is 6.92 Å². The number of nitrogens with zero attached hydrogens (tertiary/aromatic N) is 1. The Bertz CT molecular complexity index is 586. The first-order chi connectivity index (χ1) is 9.15. The molecule has 1 aromatic carbocycles. The van der Waals surface area contributed by atoms with E-state index in [0.29, 0.717) is 6.61 Å². The lowest BCUT2D eigenvalue weighted by molar-refractivity contribution is -0.142. The van der Waals surface area contributed by atoms with Crippen molar-refractivity contribution in [3.63, 3.8) is 0 Å². The van der Waals surface area contributed by atoms with Gasteiger partial charge in [0.2, 0.25) is 0 Å². The van der Waals surface area contributed by atoms with Gasteiger partial charge in [0, 0.05) is 24.2 Å². The summed E-state index contributed by atoms with van der Waals surface area (Å²) in [6.45, 7) is 5.16. The van der Waals surface area contributed by atoms with Crippen molar-refractivity contribution < 1.29 is 14.6 Å². The minimum atomic E-state index is -0.217. The van der Waals surface area contributed by atoms with Gasteiger partial charge in [-0.05, 0) is 31.0 Å². The fourth-order valence-electron chi connectivity index (χ4n) is 2.29. The lowest BCUT2D eigenvalue weighted by Gasteiger charge is -2.02. The largest absolute Gasteiger partial charge is 0.508 e. The van der Waals surface area contributed by atoms with Crippen LogP contribution >= 0.6 is 0 Å². The maximum absolute atomic E-state index is 11.6. The Kier molecular flexibility index (Phi) is 4.10. The Hall–Kier alpha value is -1.97. The first kappa shape index (κ1) is 13.5. The summed E-state index contributed by atoms with van der Waals surface area (Å²) in [5.74, 6) is 0.0248. The van der Waals surface area contributed by atoms with Crippen molar-refractivity contribution in [1.82, 2.24) is 4.57 Å². The van der Waals surface area contributed by atoms with Gasteiger partial charge in [-0.2, -0.15) is 0 Å². The third-order valence-corrected chi connectivity index (χ3v) is 3.05. The second kappa shape index (κ2) is 5.78. The normalized spacial score (nSPS) is 10.8. The maximum atomic E-state index is 11.6. The molecule has 0 atom stereocenters. The van der Waals surface area contributed by atoms with Crippen LogP contribution < -0.4 is 0 Å². The Morgan fingerprint density at radius 2 is 2.16 bits per heavy atom. The first-order valence-corrected chi connectivity index (χ1v) is 6.62. The molecule has 0 aliphatic heterocycles. The van der Waals surface area contributed by atoms with Crippen molar-refractivity contribution in [2.24, 2.45) is 0 Å². The van der Waals surface area contributed by atoms with Crippen LogP contribution in [0, 0.1) is 0 Å². The maximum Gasteiger partial charge on any atom is 0.310 e. The average Bonchev–Trinajstić information content (AvgIpc) is 2.68. The minimum absolute atomic E-state index is 0.217. The number of rotatable bonds is 5. The van der Waals surface area contributed by atoms with E-state index in [2.05, 4.69) is 11.5 Å². The van der Waals surface area contributed by atoms with Crippen molar-refractivity contribution >= 4 is 16.9 Å². The van der Waals surface area contributed by atoms with Crippen molar-refractivity contribution in [3.05, 3.63) is 30.0 Å². The summed E-state index contributed by atoms with van der Waals surface area (Å²) in [6.07, 6.45) is 3.24. The highest BCUT2D eigenvalue weighted by Crippen LogP contribution is 2.26. The standard InChI is InChI=1S/C15H19NO3/c1-3-7-16-10-11(8-15(18)19-4-2)13-6-5-12(17)9-14(13)16/h5-6,9-10,17H,3-4,7-8H2,1-2H3. The van der Waals surface area contributed by atoms with Gasteiger partial charge < -0.3 is 14.4 Å². The van der Waals surface area contributed by atoms with Crippen LogP contribution in [-0.2, 0) is 22.5 Å². The number of aromatic nitrogens is 1. The molecule has 4 nitrogen and oxygen atoms in total. The number of benzene rings is 1. The number of carbonyl (C=O) groups is 1. The Labute approximate surface area is 112 Å². The van der Waals surface area contributed by atoms with Crippen LogP contribution in [0.15, 0.2) is 24.4 Å². The molecule has 2 aromatic rings. The molecule has 0 bridgehead atoms. The molecule has 19 heavy (non-hydrogen) atoms. The Balaban J connectivity index is 2.40. The lowest BCUT2D eigenvalue weighted by atomic mass is 10.1. The molecular formula is C15H19NO3. The molecule has 1 N–H and O–H groups in total. The number of phenolic OH excluding ortho intramolecular Hbond substituents is 1. The monoisotopic (exact) mass is 261 g/mol. The SMILES string of the molecule is CCCn1cc(CC(=O)OCC)c2ccc(O)cc21. The molecule has 0 fully saturated rings. The van der Waals surface area contributed by atoms with Gasteiger partial charge in [0.15, 0.2) is 0 Å². The highest BCUT2D eigenvalue weighted by Gasteiger charge is 2.12. The van der Waals surface area contributed by atoms with E-state index in [1.807, 2.05) is 12.3 Å². The summed E-state index contributed by atoms with van der Waals surface area (Å²) in [5.41, 5.74) is 1.91. The number of aryl methyl sites for hydroxylation is 1. The molecule has 0 amide bonds. The number of esters is 1. The lowest BCUT2D eigenvalue weighted by Crippen LogP contribution is -2.07. The number of fused-ring (bicyclic) bond motifs is 1. The summed E-state index contributed by atoms with van der Waals surface area (Å²) in [6, 6.07) is 5.23. The number of carbonyl (C=O) groups excluding carboxylic acids is 1. The summed E-state index contributed by atoms with van der Waals surface area (Å²) in [5, 5.41) is 10.6. The molecule has 1 heterocycles. The van der Waals surface area contributed by atoms with Gasteiger partial charge >= 0.3 is 5.97 Å². The smallest absolute Gasteiger partial charge is 0.310 e. The zero-order valence-electron chi connectivity index (χ0n) is 11.3. The van der Waals surface area contributed by atoms with Crippen molar-refractivity contribution in [3.8, 4) is 5.75 Å². The number of ether oxygens (including phenoxy) is 1. The van der Waals surface area contributed by atoms with E-state index in [1.54, 1.807) is 19.1 Å². The summed E-state index contributed by atoms with van der Waals surface area (Å²) >= 11 is 0. The van der Waals surface area contributed by atoms with Crippen molar-refractivity contribution in [2.75, 3.05) is 6.61 Å². The third-order valence-electron chi connectivity index (χ3n) is 3.05. The zero-order chi connectivity index (χ0) is 13.8. The van der Waals surface area contributed by atoms with Gasteiger partial charge in [0.05, 0.1) is 18.5 Å². The van der Waals surface area contributed by atoms with Crippen LogP contribution in [0.3, 0.4) is 0 Å². The van der Waals surface area contributed by atoms with E-state index < -0.39 is 0 Å². The molecule has 1 aromatic heterocycles. The molecule has 4 heteroatoms. The highest BCUT2D eigenvalue weighted by atomic mass is 16.5. The van der Waals surface area contributed by atoms with E-state index in [9.17, 15) is 9.90 Å². The van der Waals surface area contributed by atoms with Crippen molar-refractivity contribution in [1.29, 1.82) is 0 Å². The molecule has 2 rings (SSSR count). The van der Waals surface area contributed by atoms with Crippen LogP contribution in [-0.4, -0.2) is 22.2 Å². The number of hydrogen-bond donors (Lipinski definition) is 1. The summed E-state index contributed by atoms with van der Waals surface area (Å²) in [7, 11) is 0. The van der Waals surface area contributed by atoms with Gasteiger partial charge in [0.25, 0.3) is 0 Å². The fraction of sp³-hybridized carbons (Fsp3) is 0.400. The molecule has 0 radical (unpaired) electrons. The second-order valence-corrected chi connectivity index (χ2v) is 4.53. The summed E-state index contributed by atoms with van der Waals surface area (Å²) in [4.78, 5) is 11.6. The van der Waals surface area contributed by atoms with Crippen LogP contribution in [0.2, 0.25) is 0 Å². The van der Waals surface area contributed by atoms with Gasteiger partial charge in [0.1, 0.15) is 5.75 Å². The predicted molar refractivity (Wildman–Crippen MR) is 74.2 cm³/mol. The van der Waals surface area contributed by atoms with Crippen LogP contribution in [0.25, 0.3) is 10.9 Å². The second-order valence-electron chi connectivity index (χ2n) is 4.53. The van der Waals surface area contributed by atoms with E-state index in [4.69, 9.17) is 4.74 Å². The van der Waals surface area contributed by atoms with Gasteiger partial charge in [-0.3, -0.25) is 4.79 Å². The first-order valence-electron chi connectivity index (χ1n) is 6.62. The quantitative estimate of drug-likeness (QED) is 0.842. The topological polar surface area (TPSA) is 51.5 Å². The minimum Gasteiger partial charge on any atom is -0.508 e. The number of hydrogen-bond acceptors (Lipinski definition) is 3. The number of aromatic hydroxyl groups is 1. The fourth-order valence-corrected chi connectivity index (χ4v) is 2.29. The predicted octanol–water partition coefficient (Wildman–Crippen LogP) is 2.86. The molecule has 0 aliphatic rings. The Morgan fingerprint density at radius 1 is 1.37 bits per heavy atom. The molecule has 0 spiro atoms. The molecule has 0 saturated carbocycles. The van der Waals surface area contributed by atoms with Crippen molar-refractivity contribution in [2.45, 2.75) is 33.2 Å². The van der Waals surface area contributed by atoms with E-state index >= 15 is 0 Å². The van der Waals surface area contributed by atoms with Crippen LogP contribution in [0.4, 0.5) is 0 Å². The molecular weight excluding hydrogens is 242 g/mol. The summed E-state index contributed by atoms with van der Waals surface area (Å²) < 4.78 is 7.06. The molecule has 0 unspecified atom stereocenters. The zero-order valence-corrected chi connectivity index (χ0v) is 11.3. The van der Waals surface area contributed by atoms with Crippen LogP contribution in [0.1, 0.15) is 25.8 Å².